The molecule has 96 valence electrons. The molecule has 1 unspecified atom stereocenters. The van der Waals surface area contributed by atoms with Crippen LogP contribution >= 0.6 is 0 Å². The summed E-state index contributed by atoms with van der Waals surface area (Å²) in [6.45, 7) is 4.94. The van der Waals surface area contributed by atoms with Gasteiger partial charge in [0.15, 0.2) is 0 Å². The molecule has 2 rings (SSSR count). The van der Waals surface area contributed by atoms with E-state index < -0.39 is 0 Å². The number of hydrogen-bond acceptors (Lipinski definition) is 3. The van der Waals surface area contributed by atoms with E-state index in [9.17, 15) is 0 Å². The van der Waals surface area contributed by atoms with E-state index in [-0.39, 0.29) is 12.2 Å². The molecule has 18 heavy (non-hydrogen) atoms. The normalized spacial score (nSPS) is 19.3. The van der Waals surface area contributed by atoms with Crippen molar-refractivity contribution >= 4 is 0 Å². The smallest absolute Gasteiger partial charge is 0.141 e. The maximum absolute atomic E-state index is 8.73. The van der Waals surface area contributed by atoms with Gasteiger partial charge in [-0.25, -0.2) is 0 Å². The van der Waals surface area contributed by atoms with E-state index in [0.29, 0.717) is 0 Å². The minimum Gasteiger partial charge on any atom is -0.360 e. The third kappa shape index (κ3) is 3.83. The van der Waals surface area contributed by atoms with Gasteiger partial charge in [-0.3, -0.25) is 4.90 Å². The molecule has 3 heteroatoms. The summed E-state index contributed by atoms with van der Waals surface area (Å²) < 4.78 is 5.65. The molecule has 0 N–H and O–H groups in total. The van der Waals surface area contributed by atoms with Crippen LogP contribution in [0.15, 0.2) is 30.3 Å². The first-order valence-electron chi connectivity index (χ1n) is 6.59. The molecule has 1 saturated heterocycles. The summed E-state index contributed by atoms with van der Waals surface area (Å²) >= 11 is 0. The largest absolute Gasteiger partial charge is 0.360 e. The number of piperidine rings is 1. The molecule has 1 aliphatic rings. The van der Waals surface area contributed by atoms with Crippen molar-refractivity contribution in [2.45, 2.75) is 38.5 Å². The van der Waals surface area contributed by atoms with Crippen LogP contribution in [0.3, 0.4) is 0 Å². The summed E-state index contributed by atoms with van der Waals surface area (Å²) in [6, 6.07) is 12.7. The predicted molar refractivity (Wildman–Crippen MR) is 70.9 cm³/mol. The first-order chi connectivity index (χ1) is 8.78. The van der Waals surface area contributed by atoms with Gasteiger partial charge in [0.05, 0.1) is 12.2 Å². The lowest BCUT2D eigenvalue weighted by Gasteiger charge is -2.32. The quantitative estimate of drug-likeness (QED) is 0.816. The third-order valence-corrected chi connectivity index (χ3v) is 3.36. The van der Waals surface area contributed by atoms with Crippen LogP contribution in [-0.4, -0.2) is 30.2 Å². The lowest BCUT2D eigenvalue weighted by atomic mass is 10.1. The molecule has 0 bridgehead atoms. The number of ether oxygens (including phenoxy) is 1. The van der Waals surface area contributed by atoms with E-state index in [1.807, 2.05) is 13.0 Å². The summed E-state index contributed by atoms with van der Waals surface area (Å²) in [5.41, 5.74) is 1.36. The van der Waals surface area contributed by atoms with Crippen LogP contribution < -0.4 is 0 Å². The Morgan fingerprint density at radius 3 is 2.61 bits per heavy atom. The van der Waals surface area contributed by atoms with Crippen LogP contribution in [0.1, 0.15) is 25.3 Å². The highest BCUT2D eigenvalue weighted by Crippen LogP contribution is 2.17. The Hall–Kier alpha value is -1.37. The van der Waals surface area contributed by atoms with E-state index >= 15 is 0 Å². The van der Waals surface area contributed by atoms with Gasteiger partial charge in [-0.1, -0.05) is 30.3 Å². The van der Waals surface area contributed by atoms with Gasteiger partial charge in [0, 0.05) is 19.6 Å². The summed E-state index contributed by atoms with van der Waals surface area (Å²) in [7, 11) is 0. The highest BCUT2D eigenvalue weighted by Gasteiger charge is 2.21. The minimum atomic E-state index is -0.282. The molecule has 3 nitrogen and oxygen atoms in total. The highest BCUT2D eigenvalue weighted by molar-refractivity contribution is 5.14. The van der Waals surface area contributed by atoms with Crippen molar-refractivity contribution in [2.75, 3.05) is 13.1 Å². The molecule has 1 fully saturated rings. The van der Waals surface area contributed by atoms with Crippen LogP contribution in [0, 0.1) is 11.3 Å². The average molecular weight is 244 g/mol. The summed E-state index contributed by atoms with van der Waals surface area (Å²) in [5, 5.41) is 8.73. The van der Waals surface area contributed by atoms with Gasteiger partial charge < -0.3 is 4.74 Å². The standard InChI is InChI=1S/C15H20N2O/c1-13(11-16)18-15-7-9-17(10-8-15)12-14-5-3-2-4-6-14/h2-6,13,15H,7-10,12H2,1H3. The van der Waals surface area contributed by atoms with Crippen molar-refractivity contribution in [3.63, 3.8) is 0 Å². The van der Waals surface area contributed by atoms with Gasteiger partial charge >= 0.3 is 0 Å². The Balaban J connectivity index is 1.75. The Morgan fingerprint density at radius 2 is 2.00 bits per heavy atom. The second kappa shape index (κ2) is 6.53. The fourth-order valence-corrected chi connectivity index (χ4v) is 2.36. The lowest BCUT2D eigenvalue weighted by Crippen LogP contribution is -2.37. The summed E-state index contributed by atoms with van der Waals surface area (Å²) in [4.78, 5) is 2.45. The summed E-state index contributed by atoms with van der Waals surface area (Å²) in [6.07, 6.45) is 2.03. The maximum Gasteiger partial charge on any atom is 0.141 e. The SMILES string of the molecule is CC(C#N)OC1CCN(Cc2ccccc2)CC1. The van der Waals surface area contributed by atoms with E-state index in [2.05, 4.69) is 35.2 Å². The second-order valence-corrected chi connectivity index (χ2v) is 4.87. The molecule has 0 spiro atoms. The van der Waals surface area contributed by atoms with E-state index in [1.165, 1.54) is 5.56 Å². The van der Waals surface area contributed by atoms with Crippen molar-refractivity contribution < 1.29 is 4.74 Å². The Morgan fingerprint density at radius 1 is 1.33 bits per heavy atom. The number of nitriles is 1. The Labute approximate surface area is 109 Å². The zero-order valence-corrected chi connectivity index (χ0v) is 10.9. The van der Waals surface area contributed by atoms with Gasteiger partial charge in [0.1, 0.15) is 6.10 Å². The van der Waals surface area contributed by atoms with Crippen LogP contribution in [-0.2, 0) is 11.3 Å². The minimum absolute atomic E-state index is 0.256. The van der Waals surface area contributed by atoms with Gasteiger partial charge in [-0.15, -0.1) is 0 Å². The number of likely N-dealkylation sites (tertiary alicyclic amines) is 1. The fourth-order valence-electron chi connectivity index (χ4n) is 2.36. The van der Waals surface area contributed by atoms with Gasteiger partial charge in [-0.05, 0) is 25.3 Å². The molecule has 0 aliphatic carbocycles. The third-order valence-electron chi connectivity index (χ3n) is 3.36. The van der Waals surface area contributed by atoms with Crippen molar-refractivity contribution in [1.82, 2.24) is 4.90 Å². The van der Waals surface area contributed by atoms with Crippen molar-refractivity contribution in [2.24, 2.45) is 0 Å². The van der Waals surface area contributed by atoms with Crippen LogP contribution in [0.5, 0.6) is 0 Å². The molecule has 1 aliphatic heterocycles. The molecule has 1 heterocycles. The van der Waals surface area contributed by atoms with Crippen LogP contribution in [0.25, 0.3) is 0 Å². The predicted octanol–water partition coefficient (Wildman–Crippen LogP) is 2.58. The Kier molecular flexibility index (Phi) is 4.74. The molecule has 0 saturated carbocycles. The van der Waals surface area contributed by atoms with Gasteiger partial charge in [-0.2, -0.15) is 5.26 Å². The number of benzene rings is 1. The lowest BCUT2D eigenvalue weighted by molar-refractivity contribution is -0.0139. The zero-order chi connectivity index (χ0) is 12.8. The Bertz CT molecular complexity index is 391. The highest BCUT2D eigenvalue weighted by atomic mass is 16.5. The molecule has 1 aromatic rings. The second-order valence-electron chi connectivity index (χ2n) is 4.87. The number of hydrogen-bond donors (Lipinski definition) is 0. The molecular weight excluding hydrogens is 224 g/mol. The van der Waals surface area contributed by atoms with E-state index in [0.717, 1.165) is 32.5 Å². The molecule has 0 radical (unpaired) electrons. The van der Waals surface area contributed by atoms with Crippen LogP contribution in [0.4, 0.5) is 0 Å². The molecular formula is C15H20N2O. The van der Waals surface area contributed by atoms with Gasteiger partial charge in [0.25, 0.3) is 0 Å². The molecule has 1 atom stereocenters. The first kappa shape index (κ1) is 13.1. The summed E-state index contributed by atoms with van der Waals surface area (Å²) in [5.74, 6) is 0. The monoisotopic (exact) mass is 244 g/mol. The average Bonchev–Trinajstić information content (AvgIpc) is 2.42. The van der Waals surface area contributed by atoms with E-state index in [1.54, 1.807) is 0 Å². The topological polar surface area (TPSA) is 36.3 Å². The van der Waals surface area contributed by atoms with Crippen molar-refractivity contribution in [1.29, 1.82) is 5.26 Å². The van der Waals surface area contributed by atoms with Crippen molar-refractivity contribution in [3.8, 4) is 6.07 Å². The molecule has 0 amide bonds. The van der Waals surface area contributed by atoms with Crippen molar-refractivity contribution in [3.05, 3.63) is 35.9 Å². The van der Waals surface area contributed by atoms with Gasteiger partial charge in [0.2, 0.25) is 0 Å². The molecule has 1 aromatic carbocycles. The molecule has 0 aromatic heterocycles. The van der Waals surface area contributed by atoms with Crippen LogP contribution in [0.2, 0.25) is 0 Å². The number of nitrogens with zero attached hydrogens (tertiary/aromatic N) is 2. The number of rotatable bonds is 4. The fraction of sp³-hybridized carbons (Fsp3) is 0.533. The first-order valence-corrected chi connectivity index (χ1v) is 6.59. The van der Waals surface area contributed by atoms with E-state index in [4.69, 9.17) is 10.00 Å². The maximum atomic E-state index is 8.73. The zero-order valence-electron chi connectivity index (χ0n) is 10.9.